The van der Waals surface area contributed by atoms with Crippen LogP contribution in [0.4, 0.5) is 0 Å². The minimum absolute atomic E-state index is 0.0358. The molecular formula is C12H23NO3. The fraction of sp³-hybridized carbons (Fsp3) is 0.833. The quantitative estimate of drug-likeness (QED) is 0.565. The summed E-state index contributed by atoms with van der Waals surface area (Å²) in [4.78, 5) is 20.8. The summed E-state index contributed by atoms with van der Waals surface area (Å²) in [5, 5.41) is 11.2. The normalized spacial score (nSPS) is 10.1. The van der Waals surface area contributed by atoms with Gasteiger partial charge in [0.15, 0.2) is 0 Å². The largest absolute Gasteiger partial charge is 0.481 e. The number of amides is 1. The van der Waals surface area contributed by atoms with Crippen LogP contribution >= 0.6 is 0 Å². The summed E-state index contributed by atoms with van der Waals surface area (Å²) in [6, 6.07) is 0. The van der Waals surface area contributed by atoms with Crippen molar-refractivity contribution in [2.75, 3.05) is 6.54 Å². The van der Waals surface area contributed by atoms with Crippen molar-refractivity contribution >= 4 is 11.9 Å². The third-order valence-corrected chi connectivity index (χ3v) is 2.44. The Kier molecular flexibility index (Phi) is 9.76. The summed E-state index contributed by atoms with van der Waals surface area (Å²) in [5.74, 6) is -0.663. The van der Waals surface area contributed by atoms with Gasteiger partial charge >= 0.3 is 5.97 Å². The molecule has 0 aromatic carbocycles. The number of carboxylic acid groups (broad SMARTS) is 1. The average Bonchev–Trinajstić information content (AvgIpc) is 2.20. The molecule has 0 aliphatic heterocycles. The standard InChI is InChI=1S/C12H23NO3/c1-11(14)13-10-8-6-4-2-3-5-7-9-12(15)16/h2-10H2,1H3,(H,13,14)(H,15,16). The summed E-state index contributed by atoms with van der Waals surface area (Å²) in [6.07, 6.45) is 7.73. The molecule has 0 aliphatic rings. The molecule has 0 atom stereocenters. The van der Waals surface area contributed by atoms with E-state index in [9.17, 15) is 9.59 Å². The first-order valence-corrected chi connectivity index (χ1v) is 6.09. The van der Waals surface area contributed by atoms with Gasteiger partial charge in [0.1, 0.15) is 0 Å². The van der Waals surface area contributed by atoms with Crippen molar-refractivity contribution in [3.8, 4) is 0 Å². The van der Waals surface area contributed by atoms with Gasteiger partial charge in [-0.2, -0.15) is 0 Å². The number of rotatable bonds is 10. The lowest BCUT2D eigenvalue weighted by Crippen LogP contribution is -2.20. The maximum Gasteiger partial charge on any atom is 0.303 e. The predicted molar refractivity (Wildman–Crippen MR) is 63.3 cm³/mol. The smallest absolute Gasteiger partial charge is 0.303 e. The SMILES string of the molecule is CC(=O)NCCCCCCCCCC(=O)O. The molecule has 4 nitrogen and oxygen atoms in total. The van der Waals surface area contributed by atoms with Crippen LogP contribution in [0.5, 0.6) is 0 Å². The number of carboxylic acids is 1. The fourth-order valence-corrected chi connectivity index (χ4v) is 1.55. The van der Waals surface area contributed by atoms with E-state index in [1.165, 1.54) is 19.8 Å². The van der Waals surface area contributed by atoms with Crippen molar-refractivity contribution in [3.05, 3.63) is 0 Å². The molecule has 0 spiro atoms. The first kappa shape index (κ1) is 14.9. The van der Waals surface area contributed by atoms with Crippen LogP contribution in [-0.4, -0.2) is 23.5 Å². The molecule has 1 amide bonds. The van der Waals surface area contributed by atoms with Gasteiger partial charge in [0, 0.05) is 19.9 Å². The second-order valence-electron chi connectivity index (χ2n) is 4.10. The molecule has 16 heavy (non-hydrogen) atoms. The average molecular weight is 229 g/mol. The third kappa shape index (κ3) is 12.9. The summed E-state index contributed by atoms with van der Waals surface area (Å²) in [7, 11) is 0. The van der Waals surface area contributed by atoms with E-state index in [0.29, 0.717) is 6.42 Å². The van der Waals surface area contributed by atoms with Crippen molar-refractivity contribution in [1.29, 1.82) is 0 Å². The van der Waals surface area contributed by atoms with Gasteiger partial charge in [-0.1, -0.05) is 32.1 Å². The molecule has 0 bridgehead atoms. The van der Waals surface area contributed by atoms with Crippen LogP contribution in [0.15, 0.2) is 0 Å². The lowest BCUT2D eigenvalue weighted by molar-refractivity contribution is -0.137. The number of hydrogen-bond donors (Lipinski definition) is 2. The van der Waals surface area contributed by atoms with E-state index in [1.54, 1.807) is 0 Å². The van der Waals surface area contributed by atoms with Crippen LogP contribution < -0.4 is 5.32 Å². The molecule has 0 aromatic heterocycles. The molecule has 0 rings (SSSR count). The second-order valence-corrected chi connectivity index (χ2v) is 4.10. The zero-order valence-corrected chi connectivity index (χ0v) is 10.1. The first-order valence-electron chi connectivity index (χ1n) is 6.09. The maximum absolute atomic E-state index is 10.5. The monoisotopic (exact) mass is 229 g/mol. The van der Waals surface area contributed by atoms with Gasteiger partial charge in [0.2, 0.25) is 5.91 Å². The lowest BCUT2D eigenvalue weighted by atomic mass is 10.1. The topological polar surface area (TPSA) is 66.4 Å². The molecule has 2 N–H and O–H groups in total. The van der Waals surface area contributed by atoms with Gasteiger partial charge in [-0.05, 0) is 12.8 Å². The van der Waals surface area contributed by atoms with Gasteiger partial charge < -0.3 is 10.4 Å². The van der Waals surface area contributed by atoms with Gasteiger partial charge in [-0.15, -0.1) is 0 Å². The Morgan fingerprint density at radius 2 is 1.44 bits per heavy atom. The van der Waals surface area contributed by atoms with Gasteiger partial charge in [-0.25, -0.2) is 0 Å². The predicted octanol–water partition coefficient (Wildman–Crippen LogP) is 2.33. The van der Waals surface area contributed by atoms with Crippen LogP contribution in [0.2, 0.25) is 0 Å². The summed E-state index contributed by atoms with van der Waals surface area (Å²) < 4.78 is 0. The number of carbonyl (C=O) groups is 2. The first-order chi connectivity index (χ1) is 7.63. The minimum Gasteiger partial charge on any atom is -0.481 e. The molecule has 0 radical (unpaired) electrons. The Balaban J connectivity index is 2.98. The van der Waals surface area contributed by atoms with E-state index in [-0.39, 0.29) is 5.91 Å². The Labute approximate surface area is 97.4 Å². The Morgan fingerprint density at radius 3 is 1.94 bits per heavy atom. The van der Waals surface area contributed by atoms with E-state index >= 15 is 0 Å². The van der Waals surface area contributed by atoms with E-state index in [1.807, 2.05) is 0 Å². The number of hydrogen-bond acceptors (Lipinski definition) is 2. The van der Waals surface area contributed by atoms with Gasteiger partial charge in [-0.3, -0.25) is 9.59 Å². The summed E-state index contributed by atoms with van der Waals surface area (Å²) >= 11 is 0. The molecule has 0 saturated carbocycles. The van der Waals surface area contributed by atoms with Crippen LogP contribution in [0.3, 0.4) is 0 Å². The molecule has 0 heterocycles. The van der Waals surface area contributed by atoms with Crippen molar-refractivity contribution in [2.24, 2.45) is 0 Å². The van der Waals surface area contributed by atoms with E-state index in [0.717, 1.165) is 38.6 Å². The highest BCUT2D eigenvalue weighted by Crippen LogP contribution is 2.08. The van der Waals surface area contributed by atoms with Crippen molar-refractivity contribution in [2.45, 2.75) is 58.3 Å². The number of nitrogens with one attached hydrogen (secondary N) is 1. The second kappa shape index (κ2) is 10.5. The zero-order valence-electron chi connectivity index (χ0n) is 10.1. The molecular weight excluding hydrogens is 206 g/mol. The highest BCUT2D eigenvalue weighted by molar-refractivity contribution is 5.72. The molecule has 0 fully saturated rings. The number of carbonyl (C=O) groups excluding carboxylic acids is 1. The number of aliphatic carboxylic acids is 1. The van der Waals surface area contributed by atoms with Crippen LogP contribution in [0.25, 0.3) is 0 Å². The molecule has 94 valence electrons. The van der Waals surface area contributed by atoms with Crippen molar-refractivity contribution in [3.63, 3.8) is 0 Å². The van der Waals surface area contributed by atoms with Crippen LogP contribution in [0, 0.1) is 0 Å². The Hall–Kier alpha value is -1.06. The van der Waals surface area contributed by atoms with E-state index in [4.69, 9.17) is 5.11 Å². The molecule has 0 unspecified atom stereocenters. The Morgan fingerprint density at radius 1 is 0.938 bits per heavy atom. The maximum atomic E-state index is 10.5. The molecule has 0 aromatic rings. The summed E-state index contributed by atoms with van der Waals surface area (Å²) in [6.45, 7) is 2.30. The van der Waals surface area contributed by atoms with Crippen LogP contribution in [0.1, 0.15) is 58.3 Å². The lowest BCUT2D eigenvalue weighted by Gasteiger charge is -2.02. The van der Waals surface area contributed by atoms with Crippen molar-refractivity contribution < 1.29 is 14.7 Å². The van der Waals surface area contributed by atoms with Gasteiger partial charge in [0.25, 0.3) is 0 Å². The van der Waals surface area contributed by atoms with Crippen LogP contribution in [-0.2, 0) is 9.59 Å². The van der Waals surface area contributed by atoms with Crippen molar-refractivity contribution in [1.82, 2.24) is 5.32 Å². The third-order valence-electron chi connectivity index (χ3n) is 2.44. The fourth-order valence-electron chi connectivity index (χ4n) is 1.55. The zero-order chi connectivity index (χ0) is 12.2. The highest BCUT2D eigenvalue weighted by atomic mass is 16.4. The minimum atomic E-state index is -0.699. The summed E-state index contributed by atoms with van der Waals surface area (Å²) in [5.41, 5.74) is 0. The van der Waals surface area contributed by atoms with E-state index in [2.05, 4.69) is 5.32 Å². The Bertz CT molecular complexity index is 182. The molecule has 0 aliphatic carbocycles. The highest BCUT2D eigenvalue weighted by Gasteiger charge is 1.96. The van der Waals surface area contributed by atoms with E-state index < -0.39 is 5.97 Å². The molecule has 0 saturated heterocycles. The number of unbranched alkanes of at least 4 members (excludes halogenated alkanes) is 6. The van der Waals surface area contributed by atoms with Gasteiger partial charge in [0.05, 0.1) is 0 Å². The molecule has 4 heteroatoms.